The summed E-state index contributed by atoms with van der Waals surface area (Å²) < 4.78 is 0. The van der Waals surface area contributed by atoms with Crippen LogP contribution in [0.4, 0.5) is 0 Å². The van der Waals surface area contributed by atoms with E-state index in [0.717, 1.165) is 45.2 Å². The second-order valence-corrected chi connectivity index (χ2v) is 8.28. The summed E-state index contributed by atoms with van der Waals surface area (Å²) in [6.45, 7) is 1.81. The highest BCUT2D eigenvalue weighted by Crippen LogP contribution is 2.49. The van der Waals surface area contributed by atoms with Gasteiger partial charge < -0.3 is 15.2 Å². The van der Waals surface area contributed by atoms with Crippen molar-refractivity contribution in [2.45, 2.75) is 50.7 Å². The molecule has 2 aliphatic carbocycles. The Bertz CT molecular complexity index is 738. The topological polar surface area (TPSA) is 76.6 Å². The standard InChI is InChI=1S/C20H26N2O3/c23-17-6-5-11-9-16-19-13(12-3-1-2-4-15(12)21-19)7-8-22(16)10-14(11)18(17)20(24)25/h1,3,11,14,16-18,21,23H,2,4-10H2,(H,24,25)/t11-,14+,16?,17+,18-/m1/s1. The van der Waals surface area contributed by atoms with Gasteiger partial charge in [0.15, 0.2) is 0 Å². The molecule has 5 atom stereocenters. The van der Waals surface area contributed by atoms with Crippen molar-refractivity contribution in [1.82, 2.24) is 9.88 Å². The molecule has 0 aromatic carbocycles. The van der Waals surface area contributed by atoms with Crippen LogP contribution in [0.1, 0.15) is 54.2 Å². The van der Waals surface area contributed by atoms with Crippen LogP contribution in [0.2, 0.25) is 0 Å². The number of aliphatic carboxylic acids is 1. The zero-order chi connectivity index (χ0) is 17.1. The van der Waals surface area contributed by atoms with Crippen LogP contribution in [-0.4, -0.2) is 45.3 Å². The number of fused-ring (bicyclic) bond motifs is 6. The molecule has 134 valence electrons. The Labute approximate surface area is 147 Å². The summed E-state index contributed by atoms with van der Waals surface area (Å²) in [4.78, 5) is 17.9. The normalized spacial score (nSPS) is 36.9. The van der Waals surface area contributed by atoms with Gasteiger partial charge in [-0.15, -0.1) is 0 Å². The van der Waals surface area contributed by atoms with E-state index in [1.165, 1.54) is 22.5 Å². The van der Waals surface area contributed by atoms with Crippen LogP contribution < -0.4 is 0 Å². The third kappa shape index (κ3) is 2.32. The summed E-state index contributed by atoms with van der Waals surface area (Å²) in [5.41, 5.74) is 5.69. The van der Waals surface area contributed by atoms with Crippen molar-refractivity contribution in [3.8, 4) is 0 Å². The molecule has 25 heavy (non-hydrogen) atoms. The van der Waals surface area contributed by atoms with E-state index in [2.05, 4.69) is 22.0 Å². The minimum atomic E-state index is -0.821. The largest absolute Gasteiger partial charge is 0.481 e. The van der Waals surface area contributed by atoms with Crippen LogP contribution in [0.5, 0.6) is 0 Å². The molecule has 0 radical (unpaired) electrons. The van der Waals surface area contributed by atoms with Crippen molar-refractivity contribution in [3.05, 3.63) is 28.6 Å². The predicted molar refractivity (Wildman–Crippen MR) is 94.1 cm³/mol. The number of aryl methyl sites for hydroxylation is 1. The maximum Gasteiger partial charge on any atom is 0.309 e. The molecule has 3 N–H and O–H groups in total. The zero-order valence-electron chi connectivity index (χ0n) is 14.4. The lowest BCUT2D eigenvalue weighted by molar-refractivity contribution is -0.156. The summed E-state index contributed by atoms with van der Waals surface area (Å²) in [5, 5.41) is 19.8. The number of piperidine rings is 1. The first-order chi connectivity index (χ1) is 12.1. The second kappa shape index (κ2) is 5.71. The van der Waals surface area contributed by atoms with Gasteiger partial charge >= 0.3 is 5.97 Å². The van der Waals surface area contributed by atoms with Crippen molar-refractivity contribution in [1.29, 1.82) is 0 Å². The zero-order valence-corrected chi connectivity index (χ0v) is 14.4. The number of nitrogens with zero attached hydrogens (tertiary/aromatic N) is 1. The highest BCUT2D eigenvalue weighted by Gasteiger charge is 2.49. The average molecular weight is 342 g/mol. The third-order valence-corrected chi connectivity index (χ3v) is 7.10. The van der Waals surface area contributed by atoms with E-state index >= 15 is 0 Å². The fourth-order valence-electron chi connectivity index (χ4n) is 5.91. The number of allylic oxidation sites excluding steroid dienone is 1. The lowest BCUT2D eigenvalue weighted by Crippen LogP contribution is -2.53. The SMILES string of the molecule is O=C(O)[C@@H]1[C@H]2CN3CCc4c([nH]c5c4C=CCC5)C3C[C@H]2CC[C@@H]1O. The molecule has 4 aliphatic rings. The summed E-state index contributed by atoms with van der Waals surface area (Å²) in [5.74, 6) is -0.921. The molecule has 1 saturated heterocycles. The molecule has 5 rings (SSSR count). The second-order valence-electron chi connectivity index (χ2n) is 8.28. The average Bonchev–Trinajstić information content (AvgIpc) is 2.99. The summed E-state index contributed by atoms with van der Waals surface area (Å²) >= 11 is 0. The first-order valence-electron chi connectivity index (χ1n) is 9.68. The van der Waals surface area contributed by atoms with Crippen molar-refractivity contribution >= 4 is 12.0 Å². The molecule has 0 spiro atoms. The van der Waals surface area contributed by atoms with E-state index in [-0.39, 0.29) is 5.92 Å². The van der Waals surface area contributed by atoms with E-state index in [1.807, 2.05) is 0 Å². The van der Waals surface area contributed by atoms with Crippen LogP contribution in [0.25, 0.3) is 6.08 Å². The number of aliphatic hydroxyl groups excluding tert-OH is 1. The van der Waals surface area contributed by atoms with E-state index in [4.69, 9.17) is 0 Å². The number of rotatable bonds is 1. The predicted octanol–water partition coefficient (Wildman–Crippen LogP) is 2.36. The minimum absolute atomic E-state index is 0.0866. The number of carbonyl (C=O) groups is 1. The Morgan fingerprint density at radius 2 is 2.16 bits per heavy atom. The van der Waals surface area contributed by atoms with Crippen LogP contribution in [0.3, 0.4) is 0 Å². The van der Waals surface area contributed by atoms with Gasteiger partial charge in [0.2, 0.25) is 0 Å². The third-order valence-electron chi connectivity index (χ3n) is 7.10. The van der Waals surface area contributed by atoms with Gasteiger partial charge in [-0.1, -0.05) is 12.2 Å². The van der Waals surface area contributed by atoms with Crippen molar-refractivity contribution in [2.24, 2.45) is 17.8 Å². The number of carboxylic acid groups (broad SMARTS) is 1. The van der Waals surface area contributed by atoms with Gasteiger partial charge in [0.1, 0.15) is 0 Å². The molecule has 1 unspecified atom stereocenters. The fourth-order valence-corrected chi connectivity index (χ4v) is 5.91. The Morgan fingerprint density at radius 3 is 3.00 bits per heavy atom. The van der Waals surface area contributed by atoms with Gasteiger partial charge in [-0.3, -0.25) is 9.69 Å². The number of nitrogens with one attached hydrogen (secondary N) is 1. The Hall–Kier alpha value is -1.59. The lowest BCUT2D eigenvalue weighted by atomic mass is 9.65. The number of aromatic nitrogens is 1. The summed E-state index contributed by atoms with van der Waals surface area (Å²) in [6, 6.07) is 0.397. The van der Waals surface area contributed by atoms with Gasteiger partial charge in [-0.05, 0) is 61.5 Å². The summed E-state index contributed by atoms with van der Waals surface area (Å²) in [7, 11) is 0. The van der Waals surface area contributed by atoms with Crippen LogP contribution >= 0.6 is 0 Å². The lowest BCUT2D eigenvalue weighted by Gasteiger charge is -2.50. The van der Waals surface area contributed by atoms with Crippen molar-refractivity contribution < 1.29 is 15.0 Å². The molecular formula is C20H26N2O3. The van der Waals surface area contributed by atoms with Crippen LogP contribution in [0.15, 0.2) is 6.08 Å². The molecule has 2 aliphatic heterocycles. The number of aliphatic hydroxyl groups is 1. The smallest absolute Gasteiger partial charge is 0.309 e. The van der Waals surface area contributed by atoms with E-state index in [1.54, 1.807) is 0 Å². The van der Waals surface area contributed by atoms with Crippen molar-refractivity contribution in [3.63, 3.8) is 0 Å². The molecular weight excluding hydrogens is 316 g/mol. The van der Waals surface area contributed by atoms with Crippen LogP contribution in [-0.2, 0) is 17.6 Å². The molecule has 1 aromatic heterocycles. The van der Waals surface area contributed by atoms with Gasteiger partial charge in [-0.2, -0.15) is 0 Å². The molecule has 5 heteroatoms. The van der Waals surface area contributed by atoms with Crippen molar-refractivity contribution in [2.75, 3.05) is 13.1 Å². The monoisotopic (exact) mass is 342 g/mol. The quantitative estimate of drug-likeness (QED) is 0.732. The Balaban J connectivity index is 1.47. The molecule has 1 saturated carbocycles. The van der Waals surface area contributed by atoms with Crippen LogP contribution in [0, 0.1) is 17.8 Å². The fraction of sp³-hybridized carbons (Fsp3) is 0.650. The highest BCUT2D eigenvalue weighted by molar-refractivity contribution is 5.71. The number of hydrogen-bond donors (Lipinski definition) is 3. The van der Waals surface area contributed by atoms with Gasteiger partial charge in [0.25, 0.3) is 0 Å². The molecule has 0 bridgehead atoms. The molecule has 3 heterocycles. The molecule has 2 fully saturated rings. The maximum atomic E-state index is 11.7. The molecule has 5 nitrogen and oxygen atoms in total. The van der Waals surface area contributed by atoms with Gasteiger partial charge in [0, 0.05) is 24.5 Å². The first-order valence-corrected chi connectivity index (χ1v) is 9.68. The Morgan fingerprint density at radius 1 is 1.28 bits per heavy atom. The number of H-pyrrole nitrogens is 1. The molecule has 0 amide bonds. The van der Waals surface area contributed by atoms with Gasteiger partial charge in [-0.25, -0.2) is 0 Å². The maximum absolute atomic E-state index is 11.7. The number of aromatic amines is 1. The number of carboxylic acids is 1. The van der Waals surface area contributed by atoms with E-state index in [0.29, 0.717) is 18.4 Å². The Kier molecular flexibility index (Phi) is 3.57. The first kappa shape index (κ1) is 15.6. The summed E-state index contributed by atoms with van der Waals surface area (Å²) in [6.07, 6.45) is 9.74. The highest BCUT2D eigenvalue weighted by atomic mass is 16.4. The number of hydrogen-bond acceptors (Lipinski definition) is 3. The van der Waals surface area contributed by atoms with Gasteiger partial charge in [0.05, 0.1) is 18.1 Å². The van der Waals surface area contributed by atoms with E-state index < -0.39 is 18.0 Å². The minimum Gasteiger partial charge on any atom is -0.481 e. The molecule has 1 aromatic rings. The van der Waals surface area contributed by atoms with E-state index in [9.17, 15) is 15.0 Å².